The van der Waals surface area contributed by atoms with Gasteiger partial charge >= 0.3 is 0 Å². The van der Waals surface area contributed by atoms with Gasteiger partial charge in [-0.3, -0.25) is 14.5 Å². The van der Waals surface area contributed by atoms with E-state index in [0.29, 0.717) is 57.2 Å². The van der Waals surface area contributed by atoms with Crippen molar-refractivity contribution in [3.63, 3.8) is 0 Å². The molecule has 1 N–H and O–H groups in total. The molecule has 1 aliphatic heterocycles. The average molecular weight is 386 g/mol. The SMILES string of the molecule is Cc1cc(NC(=O)CN2CCN(C(=O)CCCOc3ccccc3)CC2)no1. The summed E-state index contributed by atoms with van der Waals surface area (Å²) in [5, 5.41) is 6.46. The fourth-order valence-electron chi connectivity index (χ4n) is 3.05. The van der Waals surface area contributed by atoms with Gasteiger partial charge < -0.3 is 19.5 Å². The summed E-state index contributed by atoms with van der Waals surface area (Å²) < 4.78 is 10.5. The quantitative estimate of drug-likeness (QED) is 0.698. The number of carbonyl (C=O) groups is 2. The zero-order valence-corrected chi connectivity index (χ0v) is 16.1. The molecule has 150 valence electrons. The van der Waals surface area contributed by atoms with E-state index in [2.05, 4.69) is 10.5 Å². The Bertz CT molecular complexity index is 770. The molecule has 8 nitrogen and oxygen atoms in total. The van der Waals surface area contributed by atoms with Gasteiger partial charge in [0.15, 0.2) is 5.82 Å². The smallest absolute Gasteiger partial charge is 0.239 e. The predicted molar refractivity (Wildman–Crippen MR) is 104 cm³/mol. The third-order valence-corrected chi connectivity index (χ3v) is 4.53. The van der Waals surface area contributed by atoms with Gasteiger partial charge in [-0.2, -0.15) is 0 Å². The highest BCUT2D eigenvalue weighted by atomic mass is 16.5. The third kappa shape index (κ3) is 6.09. The molecule has 1 aromatic heterocycles. The van der Waals surface area contributed by atoms with E-state index >= 15 is 0 Å². The van der Waals surface area contributed by atoms with Crippen LogP contribution >= 0.6 is 0 Å². The van der Waals surface area contributed by atoms with Gasteiger partial charge in [0.05, 0.1) is 13.2 Å². The number of para-hydroxylation sites is 1. The number of aromatic nitrogens is 1. The molecule has 1 saturated heterocycles. The summed E-state index contributed by atoms with van der Waals surface area (Å²) in [6.45, 7) is 5.20. The summed E-state index contributed by atoms with van der Waals surface area (Å²) in [5.74, 6) is 1.90. The molecule has 0 radical (unpaired) electrons. The Morgan fingerprint density at radius 1 is 1.18 bits per heavy atom. The lowest BCUT2D eigenvalue weighted by molar-refractivity contribution is -0.133. The standard InChI is InChI=1S/C20H26N4O4/c1-16-14-18(22-28-16)21-19(25)15-23-9-11-24(12-10-23)20(26)8-5-13-27-17-6-3-2-4-7-17/h2-4,6-7,14H,5,8-13,15H2,1H3,(H,21,22,25). The van der Waals surface area contributed by atoms with Gasteiger partial charge in [0.1, 0.15) is 11.5 Å². The fraction of sp³-hybridized carbons (Fsp3) is 0.450. The van der Waals surface area contributed by atoms with Gasteiger partial charge in [-0.25, -0.2) is 0 Å². The summed E-state index contributed by atoms with van der Waals surface area (Å²) in [5.41, 5.74) is 0. The minimum atomic E-state index is -0.133. The van der Waals surface area contributed by atoms with Crippen LogP contribution in [0.25, 0.3) is 0 Å². The molecule has 0 spiro atoms. The van der Waals surface area contributed by atoms with Gasteiger partial charge in [-0.15, -0.1) is 0 Å². The highest BCUT2D eigenvalue weighted by Crippen LogP contribution is 2.11. The number of amides is 2. The number of ether oxygens (including phenoxy) is 1. The lowest BCUT2D eigenvalue weighted by Crippen LogP contribution is -2.50. The molecule has 0 saturated carbocycles. The fourth-order valence-corrected chi connectivity index (χ4v) is 3.05. The number of nitrogens with zero attached hydrogens (tertiary/aromatic N) is 3. The van der Waals surface area contributed by atoms with E-state index in [9.17, 15) is 9.59 Å². The number of aryl methyl sites for hydroxylation is 1. The first-order chi connectivity index (χ1) is 13.6. The number of carbonyl (C=O) groups excluding carboxylic acids is 2. The van der Waals surface area contributed by atoms with Crippen LogP contribution in [0.2, 0.25) is 0 Å². The summed E-state index contributed by atoms with van der Waals surface area (Å²) in [7, 11) is 0. The van der Waals surface area contributed by atoms with Gasteiger partial charge in [-0.1, -0.05) is 23.4 Å². The topological polar surface area (TPSA) is 87.9 Å². The van der Waals surface area contributed by atoms with Crippen LogP contribution < -0.4 is 10.1 Å². The van der Waals surface area contributed by atoms with Gasteiger partial charge in [0.25, 0.3) is 0 Å². The highest BCUT2D eigenvalue weighted by Gasteiger charge is 2.22. The van der Waals surface area contributed by atoms with Gasteiger partial charge in [0, 0.05) is 38.7 Å². The number of rotatable bonds is 8. The zero-order valence-electron chi connectivity index (χ0n) is 16.1. The van der Waals surface area contributed by atoms with Crippen LogP contribution in [0.5, 0.6) is 5.75 Å². The van der Waals surface area contributed by atoms with E-state index in [1.807, 2.05) is 40.1 Å². The van der Waals surface area contributed by atoms with E-state index in [-0.39, 0.29) is 18.4 Å². The summed E-state index contributed by atoms with van der Waals surface area (Å²) >= 11 is 0. The number of hydrogen-bond acceptors (Lipinski definition) is 6. The molecule has 1 aromatic carbocycles. The van der Waals surface area contributed by atoms with Crippen LogP contribution in [0, 0.1) is 6.92 Å². The van der Waals surface area contributed by atoms with Gasteiger partial charge in [0.2, 0.25) is 11.8 Å². The zero-order chi connectivity index (χ0) is 19.8. The highest BCUT2D eigenvalue weighted by molar-refractivity contribution is 5.91. The number of benzene rings is 1. The third-order valence-electron chi connectivity index (χ3n) is 4.53. The monoisotopic (exact) mass is 386 g/mol. The number of anilines is 1. The number of piperazine rings is 1. The first-order valence-corrected chi connectivity index (χ1v) is 9.51. The first kappa shape index (κ1) is 19.9. The van der Waals surface area contributed by atoms with E-state index < -0.39 is 0 Å². The molecule has 2 amide bonds. The Balaban J connectivity index is 1.30. The molecule has 28 heavy (non-hydrogen) atoms. The van der Waals surface area contributed by atoms with E-state index in [1.165, 1.54) is 0 Å². The lowest BCUT2D eigenvalue weighted by atomic mass is 10.2. The van der Waals surface area contributed by atoms with Crippen molar-refractivity contribution in [3.05, 3.63) is 42.2 Å². The minimum absolute atomic E-state index is 0.133. The Morgan fingerprint density at radius 3 is 2.61 bits per heavy atom. The van der Waals surface area contributed by atoms with E-state index in [1.54, 1.807) is 13.0 Å². The van der Waals surface area contributed by atoms with E-state index in [0.717, 1.165) is 5.75 Å². The van der Waals surface area contributed by atoms with Crippen molar-refractivity contribution < 1.29 is 18.8 Å². The van der Waals surface area contributed by atoms with Crippen LogP contribution in [-0.2, 0) is 9.59 Å². The molecule has 2 aromatic rings. The maximum Gasteiger partial charge on any atom is 0.239 e. The predicted octanol–water partition coefficient (Wildman–Crippen LogP) is 1.92. The number of nitrogens with one attached hydrogen (secondary N) is 1. The van der Waals surface area contributed by atoms with Crippen LogP contribution in [0.15, 0.2) is 40.9 Å². The average Bonchev–Trinajstić information content (AvgIpc) is 3.11. The normalized spacial score (nSPS) is 14.7. The Labute approximate surface area is 164 Å². The van der Waals surface area contributed by atoms with Crippen LogP contribution in [-0.4, -0.2) is 66.1 Å². The van der Waals surface area contributed by atoms with Crippen molar-refractivity contribution in [2.75, 3.05) is 44.6 Å². The van der Waals surface area contributed by atoms with Crippen LogP contribution in [0.1, 0.15) is 18.6 Å². The summed E-state index contributed by atoms with van der Waals surface area (Å²) in [6.07, 6.45) is 1.16. The molecule has 1 aliphatic rings. The van der Waals surface area contributed by atoms with E-state index in [4.69, 9.17) is 9.26 Å². The van der Waals surface area contributed by atoms with Crippen molar-refractivity contribution in [1.29, 1.82) is 0 Å². The first-order valence-electron chi connectivity index (χ1n) is 9.51. The second-order valence-corrected chi connectivity index (χ2v) is 6.79. The lowest BCUT2D eigenvalue weighted by Gasteiger charge is -2.34. The van der Waals surface area contributed by atoms with Crippen molar-refractivity contribution in [2.24, 2.45) is 0 Å². The maximum absolute atomic E-state index is 12.3. The molecule has 0 aliphatic carbocycles. The molecule has 0 bridgehead atoms. The maximum atomic E-state index is 12.3. The molecular weight excluding hydrogens is 360 g/mol. The van der Waals surface area contributed by atoms with Crippen LogP contribution in [0.4, 0.5) is 5.82 Å². The Hall–Kier alpha value is -2.87. The molecule has 0 unspecified atom stereocenters. The van der Waals surface area contributed by atoms with Crippen molar-refractivity contribution in [2.45, 2.75) is 19.8 Å². The number of hydrogen-bond donors (Lipinski definition) is 1. The molecular formula is C20H26N4O4. The molecule has 2 heterocycles. The Morgan fingerprint density at radius 2 is 1.93 bits per heavy atom. The van der Waals surface area contributed by atoms with Crippen molar-refractivity contribution in [1.82, 2.24) is 15.0 Å². The Kier molecular flexibility index (Phi) is 7.02. The molecule has 3 rings (SSSR count). The van der Waals surface area contributed by atoms with Crippen LogP contribution in [0.3, 0.4) is 0 Å². The van der Waals surface area contributed by atoms with Crippen molar-refractivity contribution >= 4 is 17.6 Å². The summed E-state index contributed by atoms with van der Waals surface area (Å²) in [4.78, 5) is 28.3. The van der Waals surface area contributed by atoms with Gasteiger partial charge in [-0.05, 0) is 25.5 Å². The molecule has 8 heteroatoms. The van der Waals surface area contributed by atoms with Crippen molar-refractivity contribution in [3.8, 4) is 5.75 Å². The second kappa shape index (κ2) is 9.89. The summed E-state index contributed by atoms with van der Waals surface area (Å²) in [6, 6.07) is 11.3. The minimum Gasteiger partial charge on any atom is -0.494 e. The second-order valence-electron chi connectivity index (χ2n) is 6.79. The largest absolute Gasteiger partial charge is 0.494 e. The molecule has 1 fully saturated rings. The molecule has 0 atom stereocenters.